The summed E-state index contributed by atoms with van der Waals surface area (Å²) in [5.41, 5.74) is 2.77. The normalized spacial score (nSPS) is 23.5. The van der Waals surface area contributed by atoms with Gasteiger partial charge in [0.25, 0.3) is 5.91 Å². The van der Waals surface area contributed by atoms with Gasteiger partial charge in [-0.2, -0.15) is 0 Å². The van der Waals surface area contributed by atoms with Gasteiger partial charge in [0.15, 0.2) is 0 Å². The Morgan fingerprint density at radius 1 is 1.06 bits per heavy atom. The van der Waals surface area contributed by atoms with E-state index in [-0.39, 0.29) is 40.7 Å². The van der Waals surface area contributed by atoms with Crippen molar-refractivity contribution in [2.75, 3.05) is 6.54 Å². The van der Waals surface area contributed by atoms with Crippen molar-refractivity contribution in [1.29, 1.82) is 0 Å². The number of aryl methyl sites for hydroxylation is 1. The lowest BCUT2D eigenvalue weighted by Crippen LogP contribution is -2.56. The topological polar surface area (TPSA) is 49.4 Å². The molecule has 2 atom stereocenters. The highest BCUT2D eigenvalue weighted by Gasteiger charge is 2.43. The highest BCUT2D eigenvalue weighted by molar-refractivity contribution is 5.96. The zero-order chi connectivity index (χ0) is 25.9. The van der Waals surface area contributed by atoms with Crippen LogP contribution in [0, 0.1) is 30.0 Å². The second-order valence-corrected chi connectivity index (χ2v) is 11.7. The van der Waals surface area contributed by atoms with Crippen LogP contribution in [0.25, 0.3) is 0 Å². The molecule has 4 rings (SSSR count). The molecule has 1 aromatic rings. The molecule has 36 heavy (non-hydrogen) atoms. The molecule has 0 spiro atoms. The first kappa shape index (κ1) is 26.4. The molecule has 1 N–H and O–H groups in total. The first-order valence-corrected chi connectivity index (χ1v) is 13.6. The van der Waals surface area contributed by atoms with Crippen LogP contribution in [-0.2, 0) is 4.79 Å². The average Bonchev–Trinajstić information content (AvgIpc) is 3.09. The molecule has 2 fully saturated rings. The highest BCUT2D eigenvalue weighted by Crippen LogP contribution is 2.38. The van der Waals surface area contributed by atoms with Crippen LogP contribution in [0.15, 0.2) is 53.8 Å². The molecule has 2 aliphatic carbocycles. The Balaban J connectivity index is 1.63. The summed E-state index contributed by atoms with van der Waals surface area (Å²) < 4.78 is 14.8. The van der Waals surface area contributed by atoms with Gasteiger partial charge in [-0.15, -0.1) is 0 Å². The molecule has 3 aliphatic rings. The lowest BCUT2D eigenvalue weighted by atomic mass is 9.74. The average molecular weight is 493 g/mol. The molecule has 1 aromatic carbocycles. The summed E-state index contributed by atoms with van der Waals surface area (Å²) in [7, 11) is 0. The van der Waals surface area contributed by atoms with E-state index in [1.807, 2.05) is 11.0 Å². The number of carbonyl (C=O) groups excluding carboxylic acids is 2. The van der Waals surface area contributed by atoms with Crippen molar-refractivity contribution in [2.45, 2.75) is 85.1 Å². The number of allylic oxidation sites excluding steroid dienone is 5. The summed E-state index contributed by atoms with van der Waals surface area (Å²) in [6.07, 6.45) is 16.1. The molecule has 2 amide bonds. The lowest BCUT2D eigenvalue weighted by molar-refractivity contribution is -0.128. The standard InChI is InChI=1S/C31H41FN2O2/c1-21-12-10-18-26(32)27(21)30(36)34-19-11-17-25(28(34)22-13-6-5-7-14-22)29(35)33-24-16-9-8-15-23(20-24)31(2,3)4/h9-10,12,15-16,18,20,22,25,28H,5-8,11,13-14,17,19H2,1-4H3,(H,33,35)/t25-,28-/m0/s1. The van der Waals surface area contributed by atoms with Gasteiger partial charge >= 0.3 is 0 Å². The van der Waals surface area contributed by atoms with Gasteiger partial charge < -0.3 is 10.2 Å². The van der Waals surface area contributed by atoms with E-state index in [1.54, 1.807) is 19.1 Å². The third-order valence-electron chi connectivity index (χ3n) is 8.07. The Morgan fingerprint density at radius 3 is 2.50 bits per heavy atom. The van der Waals surface area contributed by atoms with Crippen LogP contribution in [0.1, 0.15) is 88.1 Å². The molecule has 0 aromatic heterocycles. The van der Waals surface area contributed by atoms with Crippen molar-refractivity contribution in [2.24, 2.45) is 17.3 Å². The van der Waals surface area contributed by atoms with Gasteiger partial charge in [-0.05, 0) is 79.7 Å². The largest absolute Gasteiger partial charge is 0.334 e. The summed E-state index contributed by atoms with van der Waals surface area (Å²) in [5, 5.41) is 3.20. The predicted octanol–water partition coefficient (Wildman–Crippen LogP) is 6.87. The molecule has 0 unspecified atom stereocenters. The number of amides is 2. The minimum Gasteiger partial charge on any atom is -0.334 e. The van der Waals surface area contributed by atoms with Gasteiger partial charge in [-0.1, -0.05) is 64.3 Å². The summed E-state index contributed by atoms with van der Waals surface area (Å²) in [6.45, 7) is 8.87. The molecule has 1 saturated heterocycles. The van der Waals surface area contributed by atoms with E-state index in [1.165, 1.54) is 18.1 Å². The number of halogens is 1. The second kappa shape index (κ2) is 11.1. The van der Waals surface area contributed by atoms with Crippen LogP contribution in [0.5, 0.6) is 0 Å². The van der Waals surface area contributed by atoms with E-state index in [0.29, 0.717) is 12.1 Å². The maximum absolute atomic E-state index is 14.8. The van der Waals surface area contributed by atoms with Crippen molar-refractivity contribution in [3.05, 3.63) is 70.7 Å². The van der Waals surface area contributed by atoms with Gasteiger partial charge in [0.05, 0.1) is 11.5 Å². The van der Waals surface area contributed by atoms with Gasteiger partial charge in [0.1, 0.15) is 5.82 Å². The molecule has 5 heteroatoms. The van der Waals surface area contributed by atoms with Crippen molar-refractivity contribution in [1.82, 2.24) is 10.2 Å². The minimum atomic E-state index is -0.482. The van der Waals surface area contributed by atoms with Crippen LogP contribution in [-0.4, -0.2) is 29.3 Å². The highest BCUT2D eigenvalue weighted by atomic mass is 19.1. The monoisotopic (exact) mass is 492 g/mol. The third-order valence-corrected chi connectivity index (χ3v) is 8.07. The molecule has 194 valence electrons. The molecular formula is C31H41FN2O2. The van der Waals surface area contributed by atoms with Crippen molar-refractivity contribution in [3.8, 4) is 0 Å². The Bertz CT molecular complexity index is 1050. The van der Waals surface area contributed by atoms with E-state index >= 15 is 0 Å². The van der Waals surface area contributed by atoms with Crippen molar-refractivity contribution in [3.63, 3.8) is 0 Å². The maximum Gasteiger partial charge on any atom is 0.257 e. The zero-order valence-corrected chi connectivity index (χ0v) is 22.3. The molecule has 4 nitrogen and oxygen atoms in total. The number of carbonyl (C=O) groups is 2. The van der Waals surface area contributed by atoms with Gasteiger partial charge in [0, 0.05) is 18.3 Å². The fraction of sp³-hybridized carbons (Fsp3) is 0.548. The predicted molar refractivity (Wildman–Crippen MR) is 143 cm³/mol. The summed E-state index contributed by atoms with van der Waals surface area (Å²) in [5.74, 6) is -0.833. The summed E-state index contributed by atoms with van der Waals surface area (Å²) in [6, 6.07) is 4.57. The second-order valence-electron chi connectivity index (χ2n) is 11.7. The van der Waals surface area contributed by atoms with Crippen molar-refractivity contribution >= 4 is 11.8 Å². The fourth-order valence-electron chi connectivity index (χ4n) is 6.15. The zero-order valence-electron chi connectivity index (χ0n) is 22.3. The van der Waals surface area contributed by atoms with Gasteiger partial charge in [0.2, 0.25) is 5.91 Å². The van der Waals surface area contributed by atoms with Crippen molar-refractivity contribution < 1.29 is 14.0 Å². The lowest BCUT2D eigenvalue weighted by Gasteiger charge is -2.46. The number of nitrogens with zero attached hydrogens (tertiary/aromatic N) is 1. The van der Waals surface area contributed by atoms with Gasteiger partial charge in [-0.3, -0.25) is 9.59 Å². The van der Waals surface area contributed by atoms with Crippen LogP contribution in [0.3, 0.4) is 0 Å². The van der Waals surface area contributed by atoms with E-state index in [4.69, 9.17) is 0 Å². The fourth-order valence-corrected chi connectivity index (χ4v) is 6.15. The van der Waals surface area contributed by atoms with Crippen LogP contribution < -0.4 is 5.32 Å². The van der Waals surface area contributed by atoms with Crippen LogP contribution in [0.2, 0.25) is 0 Å². The Hall–Kier alpha value is -2.69. The number of likely N-dealkylation sites (tertiary alicyclic amines) is 1. The Labute approximate surface area is 215 Å². The molecule has 0 radical (unpaired) electrons. The van der Waals surface area contributed by atoms with E-state index < -0.39 is 5.82 Å². The van der Waals surface area contributed by atoms with Crippen LogP contribution in [0.4, 0.5) is 4.39 Å². The third kappa shape index (κ3) is 5.82. The molecule has 1 aliphatic heterocycles. The van der Waals surface area contributed by atoms with E-state index in [9.17, 15) is 14.0 Å². The Morgan fingerprint density at radius 2 is 1.81 bits per heavy atom. The molecule has 1 heterocycles. The quantitative estimate of drug-likeness (QED) is 0.499. The van der Waals surface area contributed by atoms with E-state index in [2.05, 4.69) is 44.3 Å². The number of nitrogens with one attached hydrogen (secondary N) is 1. The number of piperidine rings is 1. The number of hydrogen-bond acceptors (Lipinski definition) is 2. The summed E-state index contributed by atoms with van der Waals surface area (Å²) in [4.78, 5) is 29.4. The number of benzene rings is 1. The number of hydrogen-bond donors (Lipinski definition) is 1. The minimum absolute atomic E-state index is 0.0156. The first-order valence-electron chi connectivity index (χ1n) is 13.6. The molecule has 0 bridgehead atoms. The SMILES string of the molecule is Cc1cccc(F)c1C(=O)N1CCC[C@H](C(=O)NC2=CC(C(C)(C)C)=CCC=C2)[C@@H]1C1CCCCC1. The van der Waals surface area contributed by atoms with E-state index in [0.717, 1.165) is 50.6 Å². The molecular weight excluding hydrogens is 451 g/mol. The van der Waals surface area contributed by atoms with Gasteiger partial charge in [-0.25, -0.2) is 4.39 Å². The maximum atomic E-state index is 14.8. The molecule has 1 saturated carbocycles. The number of rotatable bonds is 4. The summed E-state index contributed by atoms with van der Waals surface area (Å²) >= 11 is 0. The van der Waals surface area contributed by atoms with Crippen LogP contribution >= 0.6 is 0 Å². The Kier molecular flexibility index (Phi) is 8.17. The smallest absolute Gasteiger partial charge is 0.257 e. The first-order chi connectivity index (χ1) is 17.2.